The molecule has 0 saturated carbocycles. The standard InChI is InChI=1S/C11H15N2O/c1-2-10(8-12-5-1)3-4-11-9-13-6-7-14-11/h1-2,8,11,13H,3-4,6-7,9H2. The van der Waals surface area contributed by atoms with Gasteiger partial charge in [0.15, 0.2) is 0 Å². The zero-order valence-electron chi connectivity index (χ0n) is 8.20. The average molecular weight is 191 g/mol. The van der Waals surface area contributed by atoms with Crippen molar-refractivity contribution in [2.75, 3.05) is 19.7 Å². The molecule has 0 amide bonds. The van der Waals surface area contributed by atoms with Gasteiger partial charge in [-0.2, -0.15) is 0 Å². The average Bonchev–Trinajstić information content (AvgIpc) is 2.29. The Bertz CT molecular complexity index is 257. The van der Waals surface area contributed by atoms with E-state index in [1.54, 1.807) is 0 Å². The van der Waals surface area contributed by atoms with Gasteiger partial charge in [0.1, 0.15) is 0 Å². The van der Waals surface area contributed by atoms with Crippen molar-refractivity contribution < 1.29 is 4.74 Å². The summed E-state index contributed by atoms with van der Waals surface area (Å²) in [6, 6.07) is 3.92. The molecule has 0 aliphatic carbocycles. The highest BCUT2D eigenvalue weighted by Crippen LogP contribution is 2.07. The van der Waals surface area contributed by atoms with E-state index < -0.39 is 0 Å². The number of aromatic nitrogens is 1. The highest BCUT2D eigenvalue weighted by molar-refractivity contribution is 5.08. The number of morpholine rings is 1. The number of rotatable bonds is 3. The third-order valence-corrected chi connectivity index (χ3v) is 2.44. The van der Waals surface area contributed by atoms with Crippen molar-refractivity contribution >= 4 is 0 Å². The highest BCUT2D eigenvalue weighted by Gasteiger charge is 2.12. The Balaban J connectivity index is 1.76. The van der Waals surface area contributed by atoms with Gasteiger partial charge in [0.05, 0.1) is 18.9 Å². The third kappa shape index (κ3) is 2.79. The maximum atomic E-state index is 5.61. The molecule has 1 aliphatic rings. The van der Waals surface area contributed by atoms with Crippen LogP contribution in [0.5, 0.6) is 0 Å². The minimum absolute atomic E-state index is 0.368. The van der Waals surface area contributed by atoms with Crippen LogP contribution in [0.15, 0.2) is 18.3 Å². The van der Waals surface area contributed by atoms with Gasteiger partial charge in [-0.3, -0.25) is 4.98 Å². The van der Waals surface area contributed by atoms with Crippen LogP contribution in [0.3, 0.4) is 0 Å². The van der Waals surface area contributed by atoms with Crippen LogP contribution in [-0.2, 0) is 11.2 Å². The van der Waals surface area contributed by atoms with E-state index in [1.807, 2.05) is 12.3 Å². The fourth-order valence-corrected chi connectivity index (χ4v) is 1.63. The first-order chi connectivity index (χ1) is 6.95. The molecule has 2 heterocycles. The molecule has 1 fully saturated rings. The summed E-state index contributed by atoms with van der Waals surface area (Å²) in [5.74, 6) is 0. The van der Waals surface area contributed by atoms with Crippen molar-refractivity contribution in [2.45, 2.75) is 18.9 Å². The fraction of sp³-hybridized carbons (Fsp3) is 0.545. The Labute approximate surface area is 84.5 Å². The summed E-state index contributed by atoms with van der Waals surface area (Å²) in [6.45, 7) is 2.80. The summed E-state index contributed by atoms with van der Waals surface area (Å²) in [5, 5.41) is 3.32. The van der Waals surface area contributed by atoms with E-state index >= 15 is 0 Å². The van der Waals surface area contributed by atoms with E-state index in [2.05, 4.69) is 22.6 Å². The van der Waals surface area contributed by atoms with Crippen molar-refractivity contribution in [3.8, 4) is 0 Å². The van der Waals surface area contributed by atoms with Crippen molar-refractivity contribution in [1.82, 2.24) is 10.3 Å². The summed E-state index contributed by atoms with van der Waals surface area (Å²) < 4.78 is 5.61. The zero-order valence-corrected chi connectivity index (χ0v) is 8.20. The molecule has 3 nitrogen and oxygen atoms in total. The van der Waals surface area contributed by atoms with Crippen LogP contribution in [-0.4, -0.2) is 30.8 Å². The van der Waals surface area contributed by atoms with Crippen LogP contribution < -0.4 is 5.32 Å². The highest BCUT2D eigenvalue weighted by atomic mass is 16.5. The van der Waals surface area contributed by atoms with E-state index in [-0.39, 0.29) is 0 Å². The number of hydrogen-bond acceptors (Lipinski definition) is 3. The zero-order chi connectivity index (χ0) is 9.64. The maximum absolute atomic E-state index is 5.61. The summed E-state index contributed by atoms with van der Waals surface area (Å²) >= 11 is 0. The van der Waals surface area contributed by atoms with Gasteiger partial charge in [-0.15, -0.1) is 0 Å². The molecule has 2 rings (SSSR count). The van der Waals surface area contributed by atoms with Crippen LogP contribution in [0, 0.1) is 6.20 Å². The van der Waals surface area contributed by atoms with Crippen LogP contribution >= 0.6 is 0 Å². The molecule has 1 radical (unpaired) electrons. The lowest BCUT2D eigenvalue weighted by molar-refractivity contribution is 0.0238. The van der Waals surface area contributed by atoms with Crippen molar-refractivity contribution in [3.05, 3.63) is 30.1 Å². The van der Waals surface area contributed by atoms with E-state index in [0.29, 0.717) is 6.10 Å². The van der Waals surface area contributed by atoms with Gasteiger partial charge in [0.2, 0.25) is 0 Å². The molecule has 1 aromatic heterocycles. The lowest BCUT2D eigenvalue weighted by Gasteiger charge is -2.23. The Hall–Kier alpha value is -0.930. The molecule has 1 atom stereocenters. The normalized spacial score (nSPS) is 22.1. The predicted molar refractivity (Wildman–Crippen MR) is 54.0 cm³/mol. The molecule has 1 aromatic rings. The first kappa shape index (κ1) is 9.62. The van der Waals surface area contributed by atoms with Crippen molar-refractivity contribution in [1.29, 1.82) is 0 Å². The Morgan fingerprint density at radius 1 is 1.64 bits per heavy atom. The number of ether oxygens (including phenoxy) is 1. The number of nitrogens with zero attached hydrogens (tertiary/aromatic N) is 1. The molecular weight excluding hydrogens is 176 g/mol. The maximum Gasteiger partial charge on any atom is 0.0886 e. The predicted octanol–water partition coefficient (Wildman–Crippen LogP) is 0.803. The molecule has 0 spiro atoms. The number of nitrogens with one attached hydrogen (secondary N) is 1. The Morgan fingerprint density at radius 3 is 3.36 bits per heavy atom. The fourth-order valence-electron chi connectivity index (χ4n) is 1.63. The van der Waals surface area contributed by atoms with Gasteiger partial charge in [-0.05, 0) is 24.5 Å². The molecule has 1 aliphatic heterocycles. The summed E-state index contributed by atoms with van der Waals surface area (Å²) in [4.78, 5) is 3.97. The van der Waals surface area contributed by atoms with Crippen molar-refractivity contribution in [2.24, 2.45) is 0 Å². The first-order valence-corrected chi connectivity index (χ1v) is 5.08. The Kier molecular flexibility index (Phi) is 3.49. The second-order valence-electron chi connectivity index (χ2n) is 3.53. The second kappa shape index (κ2) is 5.08. The molecular formula is C11H15N2O. The largest absolute Gasteiger partial charge is 0.376 e. The molecule has 75 valence electrons. The lowest BCUT2D eigenvalue weighted by atomic mass is 10.1. The topological polar surface area (TPSA) is 34.1 Å². The molecule has 3 heteroatoms. The van der Waals surface area contributed by atoms with E-state index in [0.717, 1.165) is 32.5 Å². The van der Waals surface area contributed by atoms with Gasteiger partial charge in [0.25, 0.3) is 0 Å². The number of pyridine rings is 1. The van der Waals surface area contributed by atoms with E-state index in [1.165, 1.54) is 5.56 Å². The van der Waals surface area contributed by atoms with Gasteiger partial charge in [0, 0.05) is 19.3 Å². The van der Waals surface area contributed by atoms with Gasteiger partial charge in [-0.1, -0.05) is 6.07 Å². The summed E-state index contributed by atoms with van der Waals surface area (Å²) in [7, 11) is 0. The van der Waals surface area contributed by atoms with Gasteiger partial charge >= 0.3 is 0 Å². The van der Waals surface area contributed by atoms with Crippen LogP contribution in [0.1, 0.15) is 12.0 Å². The smallest absolute Gasteiger partial charge is 0.0886 e. The lowest BCUT2D eigenvalue weighted by Crippen LogP contribution is -2.38. The number of hydrogen-bond donors (Lipinski definition) is 1. The van der Waals surface area contributed by atoms with Crippen LogP contribution in [0.4, 0.5) is 0 Å². The van der Waals surface area contributed by atoms with E-state index in [9.17, 15) is 0 Å². The number of aryl methyl sites for hydroxylation is 1. The molecule has 0 bridgehead atoms. The minimum Gasteiger partial charge on any atom is -0.376 e. The molecule has 14 heavy (non-hydrogen) atoms. The Morgan fingerprint density at radius 2 is 2.64 bits per heavy atom. The van der Waals surface area contributed by atoms with E-state index in [4.69, 9.17) is 4.74 Å². The quantitative estimate of drug-likeness (QED) is 0.767. The minimum atomic E-state index is 0.368. The second-order valence-corrected chi connectivity index (χ2v) is 3.53. The summed E-state index contributed by atoms with van der Waals surface area (Å²) in [5.41, 5.74) is 1.26. The molecule has 1 N–H and O–H groups in total. The van der Waals surface area contributed by atoms with Gasteiger partial charge in [-0.25, -0.2) is 0 Å². The molecule has 1 saturated heterocycles. The first-order valence-electron chi connectivity index (χ1n) is 5.08. The molecule has 0 aromatic carbocycles. The third-order valence-electron chi connectivity index (χ3n) is 2.44. The van der Waals surface area contributed by atoms with Crippen molar-refractivity contribution in [3.63, 3.8) is 0 Å². The van der Waals surface area contributed by atoms with Crippen LogP contribution in [0.25, 0.3) is 0 Å². The SMILES string of the molecule is [c]1ccc(CCC2CNCCO2)cn1. The van der Waals surface area contributed by atoms with Crippen LogP contribution in [0.2, 0.25) is 0 Å². The monoisotopic (exact) mass is 191 g/mol. The van der Waals surface area contributed by atoms with Gasteiger partial charge < -0.3 is 10.1 Å². The summed E-state index contributed by atoms with van der Waals surface area (Å²) in [6.07, 6.45) is 7.12. The molecule has 1 unspecified atom stereocenters.